The molecule has 106 valence electrons. The number of rotatable bonds is 5. The minimum atomic E-state index is -0.107. The zero-order valence-corrected chi connectivity index (χ0v) is 12.5. The predicted octanol–water partition coefficient (Wildman–Crippen LogP) is 3.04. The van der Waals surface area contributed by atoms with Gasteiger partial charge in [-0.2, -0.15) is 0 Å². The summed E-state index contributed by atoms with van der Waals surface area (Å²) in [5.74, 6) is -0.0175. The number of aryl methyl sites for hydroxylation is 2. The van der Waals surface area contributed by atoms with Crippen LogP contribution in [0.5, 0.6) is 0 Å². The fraction of sp³-hybridized carbons (Fsp3) is 0.333. The third kappa shape index (κ3) is 4.15. The third-order valence-corrected chi connectivity index (χ3v) is 3.77. The Morgan fingerprint density at radius 1 is 1.40 bits per heavy atom. The molecule has 1 aromatic heterocycles. The van der Waals surface area contributed by atoms with Crippen LogP contribution in [0, 0.1) is 6.92 Å². The van der Waals surface area contributed by atoms with E-state index in [1.807, 2.05) is 12.3 Å². The number of nitrogens with zero attached hydrogens (tertiary/aromatic N) is 1. The smallest absolute Gasteiger partial charge is 0.226 e. The summed E-state index contributed by atoms with van der Waals surface area (Å²) in [6.45, 7) is 3.92. The molecular weight excluding hydrogens is 270 g/mol. The van der Waals surface area contributed by atoms with Gasteiger partial charge >= 0.3 is 0 Å². The molecule has 1 amide bonds. The van der Waals surface area contributed by atoms with Gasteiger partial charge in [0.25, 0.3) is 0 Å². The molecule has 0 spiro atoms. The second-order valence-electron chi connectivity index (χ2n) is 4.90. The number of nitrogens with one attached hydrogen (secondary N) is 1. The van der Waals surface area contributed by atoms with Gasteiger partial charge in [0.15, 0.2) is 5.13 Å². The molecule has 2 rings (SSSR count). The van der Waals surface area contributed by atoms with Gasteiger partial charge in [0.1, 0.15) is 0 Å². The van der Waals surface area contributed by atoms with Crippen LogP contribution in [0.1, 0.15) is 36.2 Å². The van der Waals surface area contributed by atoms with Crippen molar-refractivity contribution in [3.63, 3.8) is 0 Å². The Balaban J connectivity index is 1.84. The maximum atomic E-state index is 11.9. The van der Waals surface area contributed by atoms with Gasteiger partial charge in [-0.15, -0.1) is 11.3 Å². The Hall–Kier alpha value is -1.72. The zero-order valence-electron chi connectivity index (χ0n) is 11.7. The second kappa shape index (κ2) is 6.63. The molecule has 0 fully saturated rings. The molecule has 0 aliphatic rings. The van der Waals surface area contributed by atoms with Gasteiger partial charge in [0.05, 0.1) is 5.69 Å². The number of amides is 1. The van der Waals surface area contributed by atoms with Crippen LogP contribution in [0.4, 0.5) is 5.13 Å². The van der Waals surface area contributed by atoms with E-state index >= 15 is 0 Å². The summed E-state index contributed by atoms with van der Waals surface area (Å²) in [7, 11) is 0. The van der Waals surface area contributed by atoms with Crippen LogP contribution in [-0.2, 0) is 11.2 Å². The molecule has 0 saturated heterocycles. The fourth-order valence-corrected chi connectivity index (χ4v) is 2.58. The average molecular weight is 289 g/mol. The van der Waals surface area contributed by atoms with Crippen molar-refractivity contribution in [2.45, 2.75) is 32.7 Å². The third-order valence-electron chi connectivity index (χ3n) is 3.00. The predicted molar refractivity (Wildman–Crippen MR) is 82.8 cm³/mol. The van der Waals surface area contributed by atoms with Crippen molar-refractivity contribution in [3.8, 4) is 0 Å². The largest absolute Gasteiger partial charge is 0.323 e. The molecule has 3 N–H and O–H groups in total. The van der Waals surface area contributed by atoms with Crippen molar-refractivity contribution in [2.24, 2.45) is 5.73 Å². The van der Waals surface area contributed by atoms with Gasteiger partial charge in [0, 0.05) is 17.8 Å². The van der Waals surface area contributed by atoms with E-state index in [1.54, 1.807) is 0 Å². The molecular formula is C15H19N3OS. The lowest BCUT2D eigenvalue weighted by molar-refractivity contribution is -0.116. The topological polar surface area (TPSA) is 68.0 Å². The highest BCUT2D eigenvalue weighted by atomic mass is 32.1. The zero-order chi connectivity index (χ0) is 14.5. The first-order valence-electron chi connectivity index (χ1n) is 6.61. The molecule has 0 aliphatic carbocycles. The fourth-order valence-electron chi connectivity index (χ4n) is 1.75. The number of benzene rings is 1. The van der Waals surface area contributed by atoms with Crippen molar-refractivity contribution in [2.75, 3.05) is 5.32 Å². The molecule has 2 aromatic rings. The first kappa shape index (κ1) is 14.7. The van der Waals surface area contributed by atoms with E-state index in [0.29, 0.717) is 11.6 Å². The number of hydrogen-bond donors (Lipinski definition) is 2. The van der Waals surface area contributed by atoms with Gasteiger partial charge in [-0.3, -0.25) is 4.79 Å². The van der Waals surface area contributed by atoms with E-state index < -0.39 is 0 Å². The van der Waals surface area contributed by atoms with Gasteiger partial charge in [-0.25, -0.2) is 4.98 Å². The quantitative estimate of drug-likeness (QED) is 0.889. The Morgan fingerprint density at radius 2 is 2.10 bits per heavy atom. The van der Waals surface area contributed by atoms with Crippen LogP contribution in [0.15, 0.2) is 29.6 Å². The number of carbonyl (C=O) groups excluding carboxylic acids is 1. The summed E-state index contributed by atoms with van der Waals surface area (Å²) in [6.07, 6.45) is 1.19. The molecule has 1 aromatic carbocycles. The minimum absolute atomic E-state index is 0.0175. The summed E-state index contributed by atoms with van der Waals surface area (Å²) in [4.78, 5) is 16.1. The normalized spacial score (nSPS) is 12.2. The van der Waals surface area contributed by atoms with E-state index in [-0.39, 0.29) is 11.9 Å². The lowest BCUT2D eigenvalue weighted by Gasteiger charge is -2.03. The van der Waals surface area contributed by atoms with Crippen molar-refractivity contribution in [1.82, 2.24) is 4.98 Å². The van der Waals surface area contributed by atoms with Crippen molar-refractivity contribution in [1.29, 1.82) is 0 Å². The van der Waals surface area contributed by atoms with E-state index in [4.69, 9.17) is 5.73 Å². The summed E-state index contributed by atoms with van der Waals surface area (Å²) < 4.78 is 0. The highest BCUT2D eigenvalue weighted by Gasteiger charge is 2.09. The molecule has 0 bridgehead atoms. The van der Waals surface area contributed by atoms with Gasteiger partial charge in [-0.05, 0) is 25.8 Å². The number of anilines is 1. The van der Waals surface area contributed by atoms with Crippen LogP contribution in [0.3, 0.4) is 0 Å². The maximum absolute atomic E-state index is 11.9. The van der Waals surface area contributed by atoms with Crippen molar-refractivity contribution in [3.05, 3.63) is 46.5 Å². The summed E-state index contributed by atoms with van der Waals surface area (Å²) >= 11 is 1.41. The van der Waals surface area contributed by atoms with Crippen LogP contribution in [0.25, 0.3) is 0 Å². The van der Waals surface area contributed by atoms with Crippen molar-refractivity contribution < 1.29 is 4.79 Å². The first-order chi connectivity index (χ1) is 9.54. The highest BCUT2D eigenvalue weighted by Crippen LogP contribution is 2.19. The Bertz CT molecular complexity index is 575. The molecule has 1 atom stereocenters. The molecule has 1 heterocycles. The number of carbonyl (C=O) groups is 1. The monoisotopic (exact) mass is 289 g/mol. The molecule has 0 aliphatic heterocycles. The van der Waals surface area contributed by atoms with Crippen LogP contribution in [0.2, 0.25) is 0 Å². The second-order valence-corrected chi connectivity index (χ2v) is 5.76. The van der Waals surface area contributed by atoms with Gasteiger partial charge in [0.2, 0.25) is 5.91 Å². The van der Waals surface area contributed by atoms with E-state index in [1.165, 1.54) is 22.5 Å². The summed E-state index contributed by atoms with van der Waals surface area (Å²) in [5, 5.41) is 5.30. The molecule has 1 unspecified atom stereocenters. The van der Waals surface area contributed by atoms with E-state index in [9.17, 15) is 4.79 Å². The summed E-state index contributed by atoms with van der Waals surface area (Å²) in [6, 6.07) is 8.12. The van der Waals surface area contributed by atoms with Gasteiger partial charge in [-0.1, -0.05) is 29.8 Å². The van der Waals surface area contributed by atoms with Gasteiger partial charge < -0.3 is 11.1 Å². The summed E-state index contributed by atoms with van der Waals surface area (Å²) in [5.41, 5.74) is 8.94. The van der Waals surface area contributed by atoms with E-state index in [2.05, 4.69) is 41.5 Å². The molecule has 5 heteroatoms. The van der Waals surface area contributed by atoms with Crippen LogP contribution in [-0.4, -0.2) is 10.9 Å². The lowest BCUT2D eigenvalue weighted by Crippen LogP contribution is -2.12. The Morgan fingerprint density at radius 3 is 2.70 bits per heavy atom. The highest BCUT2D eigenvalue weighted by molar-refractivity contribution is 7.13. The first-order valence-corrected chi connectivity index (χ1v) is 7.49. The Labute approximate surface area is 123 Å². The maximum Gasteiger partial charge on any atom is 0.226 e. The van der Waals surface area contributed by atoms with Crippen LogP contribution >= 0.6 is 11.3 Å². The number of aromatic nitrogens is 1. The minimum Gasteiger partial charge on any atom is -0.323 e. The lowest BCUT2D eigenvalue weighted by atomic mass is 10.1. The van der Waals surface area contributed by atoms with E-state index in [0.717, 1.165) is 12.1 Å². The standard InChI is InChI=1S/C15H19N3OS/c1-10-3-5-12(6-4-10)7-8-14(19)18-15-17-13(9-20-15)11(2)16/h3-6,9,11H,7-8,16H2,1-2H3,(H,17,18,19). The number of nitrogens with two attached hydrogens (primary N) is 1. The molecule has 0 saturated carbocycles. The average Bonchev–Trinajstić information content (AvgIpc) is 2.87. The molecule has 0 radical (unpaired) electrons. The van der Waals surface area contributed by atoms with Crippen molar-refractivity contribution >= 4 is 22.4 Å². The molecule has 20 heavy (non-hydrogen) atoms. The number of thiazole rings is 1. The molecule has 4 nitrogen and oxygen atoms in total. The number of hydrogen-bond acceptors (Lipinski definition) is 4. The van der Waals surface area contributed by atoms with Crippen LogP contribution < -0.4 is 11.1 Å². The SMILES string of the molecule is Cc1ccc(CCC(=O)Nc2nc(C(C)N)cs2)cc1. The Kier molecular flexibility index (Phi) is 4.87.